The van der Waals surface area contributed by atoms with E-state index >= 15 is 0 Å². The molecule has 1 aromatic heterocycles. The maximum absolute atomic E-state index is 12.4. The van der Waals surface area contributed by atoms with Gasteiger partial charge in [-0.1, -0.05) is 30.3 Å². The molecule has 3 heterocycles. The zero-order valence-electron chi connectivity index (χ0n) is 15.0. The predicted molar refractivity (Wildman–Crippen MR) is 99.7 cm³/mol. The molecule has 2 saturated heterocycles. The van der Waals surface area contributed by atoms with E-state index in [2.05, 4.69) is 0 Å². The third-order valence-electron chi connectivity index (χ3n) is 5.20. The van der Waals surface area contributed by atoms with Gasteiger partial charge in [-0.05, 0) is 36.6 Å². The zero-order valence-corrected chi connectivity index (χ0v) is 15.0. The van der Waals surface area contributed by atoms with Gasteiger partial charge in [0.15, 0.2) is 0 Å². The van der Waals surface area contributed by atoms with Gasteiger partial charge in [-0.2, -0.15) is 0 Å². The number of likely N-dealkylation sites (tertiary alicyclic amines) is 1. The Morgan fingerprint density at radius 2 is 1.85 bits per heavy atom. The summed E-state index contributed by atoms with van der Waals surface area (Å²) in [5, 5.41) is 0. The molecule has 2 fully saturated rings. The number of piperidine rings is 1. The molecule has 0 N–H and O–H groups in total. The molecule has 0 bridgehead atoms. The van der Waals surface area contributed by atoms with Crippen LogP contribution in [0.25, 0.3) is 6.08 Å². The number of amides is 2. The van der Waals surface area contributed by atoms with Crippen molar-refractivity contribution in [1.82, 2.24) is 9.80 Å². The summed E-state index contributed by atoms with van der Waals surface area (Å²) in [6.07, 6.45) is 6.03. The van der Waals surface area contributed by atoms with Gasteiger partial charge in [0.2, 0.25) is 5.91 Å². The van der Waals surface area contributed by atoms with Crippen molar-refractivity contribution < 1.29 is 18.7 Å². The van der Waals surface area contributed by atoms with E-state index in [0.717, 1.165) is 18.4 Å². The Morgan fingerprint density at radius 3 is 2.56 bits per heavy atom. The molecular formula is C21H22N2O4. The van der Waals surface area contributed by atoms with Crippen molar-refractivity contribution in [3.63, 3.8) is 0 Å². The summed E-state index contributed by atoms with van der Waals surface area (Å²) >= 11 is 0. The normalized spacial score (nSPS) is 21.0. The summed E-state index contributed by atoms with van der Waals surface area (Å²) in [6.45, 7) is 1.63. The third kappa shape index (κ3) is 3.74. The van der Waals surface area contributed by atoms with Crippen LogP contribution in [-0.4, -0.2) is 47.5 Å². The second-order valence-corrected chi connectivity index (χ2v) is 6.82. The van der Waals surface area contributed by atoms with Crippen LogP contribution in [0.2, 0.25) is 0 Å². The first-order valence-corrected chi connectivity index (χ1v) is 9.23. The molecule has 1 aromatic carbocycles. The minimum absolute atomic E-state index is 0.0338. The van der Waals surface area contributed by atoms with Crippen molar-refractivity contribution in [2.45, 2.75) is 24.9 Å². The number of cyclic esters (lactones) is 1. The molecule has 0 aliphatic carbocycles. The highest BCUT2D eigenvalue weighted by molar-refractivity contribution is 5.91. The molecule has 4 rings (SSSR count). The minimum Gasteiger partial charge on any atom is -0.465 e. The van der Waals surface area contributed by atoms with Crippen molar-refractivity contribution in [2.75, 3.05) is 19.7 Å². The average Bonchev–Trinajstić information content (AvgIpc) is 3.36. The summed E-state index contributed by atoms with van der Waals surface area (Å²) in [5.41, 5.74) is 1.09. The van der Waals surface area contributed by atoms with Crippen LogP contribution in [0.5, 0.6) is 0 Å². The van der Waals surface area contributed by atoms with Crippen LogP contribution in [0.15, 0.2) is 59.2 Å². The Labute approximate surface area is 158 Å². The SMILES string of the molecule is O=C(/C=C/c1ccco1)N1CCC(N2C(=O)OC[C@H]2c2ccccc2)CC1. The van der Waals surface area contributed by atoms with Crippen LogP contribution in [0.3, 0.4) is 0 Å². The summed E-state index contributed by atoms with van der Waals surface area (Å²) in [5.74, 6) is 0.622. The first kappa shape index (κ1) is 17.4. The Kier molecular flexibility index (Phi) is 4.96. The van der Waals surface area contributed by atoms with E-state index < -0.39 is 0 Å². The molecule has 0 saturated carbocycles. The van der Waals surface area contributed by atoms with Gasteiger partial charge < -0.3 is 14.1 Å². The van der Waals surface area contributed by atoms with Gasteiger partial charge in [0.25, 0.3) is 0 Å². The van der Waals surface area contributed by atoms with E-state index in [1.54, 1.807) is 24.5 Å². The van der Waals surface area contributed by atoms with Crippen molar-refractivity contribution in [3.8, 4) is 0 Å². The monoisotopic (exact) mass is 366 g/mol. The molecule has 140 valence electrons. The molecule has 0 spiro atoms. The maximum atomic E-state index is 12.4. The largest absolute Gasteiger partial charge is 0.465 e. The molecule has 27 heavy (non-hydrogen) atoms. The lowest BCUT2D eigenvalue weighted by molar-refractivity contribution is -0.127. The molecule has 1 atom stereocenters. The fraction of sp³-hybridized carbons (Fsp3) is 0.333. The fourth-order valence-corrected chi connectivity index (χ4v) is 3.78. The van der Waals surface area contributed by atoms with Gasteiger partial charge in [-0.25, -0.2) is 4.79 Å². The second kappa shape index (κ2) is 7.70. The first-order valence-electron chi connectivity index (χ1n) is 9.23. The lowest BCUT2D eigenvalue weighted by atomic mass is 9.99. The highest BCUT2D eigenvalue weighted by atomic mass is 16.6. The van der Waals surface area contributed by atoms with Crippen LogP contribution < -0.4 is 0 Å². The van der Waals surface area contributed by atoms with Crippen molar-refractivity contribution in [1.29, 1.82) is 0 Å². The number of carbonyl (C=O) groups excluding carboxylic acids is 2. The van der Waals surface area contributed by atoms with E-state index in [1.165, 1.54) is 6.08 Å². The Morgan fingerprint density at radius 1 is 1.07 bits per heavy atom. The number of carbonyl (C=O) groups is 2. The minimum atomic E-state index is -0.258. The fourth-order valence-electron chi connectivity index (χ4n) is 3.78. The van der Waals surface area contributed by atoms with Gasteiger partial charge in [0, 0.05) is 25.2 Å². The topological polar surface area (TPSA) is 63.0 Å². The second-order valence-electron chi connectivity index (χ2n) is 6.82. The van der Waals surface area contributed by atoms with E-state index in [0.29, 0.717) is 25.5 Å². The Bertz CT molecular complexity index is 808. The first-order chi connectivity index (χ1) is 13.2. The van der Waals surface area contributed by atoms with Gasteiger partial charge in [0.1, 0.15) is 12.4 Å². The number of furan rings is 1. The van der Waals surface area contributed by atoms with Crippen LogP contribution in [0, 0.1) is 0 Å². The van der Waals surface area contributed by atoms with Crippen molar-refractivity contribution in [3.05, 3.63) is 66.1 Å². The van der Waals surface area contributed by atoms with Gasteiger partial charge in [-0.3, -0.25) is 9.69 Å². The molecule has 2 amide bonds. The number of ether oxygens (including phenoxy) is 1. The smallest absolute Gasteiger partial charge is 0.410 e. The quantitative estimate of drug-likeness (QED) is 0.777. The predicted octanol–water partition coefficient (Wildman–Crippen LogP) is 3.48. The standard InChI is InChI=1S/C21H22N2O4/c24-20(9-8-18-7-4-14-26-18)22-12-10-17(11-13-22)23-19(15-27-21(23)25)16-5-2-1-3-6-16/h1-9,14,17,19H,10-13,15H2/b9-8+/t19-/m0/s1. The van der Waals surface area contributed by atoms with Gasteiger partial charge >= 0.3 is 6.09 Å². The highest BCUT2D eigenvalue weighted by Crippen LogP contribution is 2.33. The lowest BCUT2D eigenvalue weighted by Gasteiger charge is -2.37. The van der Waals surface area contributed by atoms with E-state index in [4.69, 9.17) is 9.15 Å². The number of benzene rings is 1. The van der Waals surface area contributed by atoms with Crippen LogP contribution in [-0.2, 0) is 9.53 Å². The maximum Gasteiger partial charge on any atom is 0.410 e. The van der Waals surface area contributed by atoms with Crippen LogP contribution in [0.1, 0.15) is 30.2 Å². The molecule has 6 heteroatoms. The molecule has 0 unspecified atom stereocenters. The number of hydrogen-bond acceptors (Lipinski definition) is 4. The van der Waals surface area contributed by atoms with E-state index in [1.807, 2.05) is 40.1 Å². The Hall–Kier alpha value is -3.02. The molecular weight excluding hydrogens is 344 g/mol. The summed E-state index contributed by atoms with van der Waals surface area (Å²) in [4.78, 5) is 28.3. The Balaban J connectivity index is 1.38. The molecule has 2 aromatic rings. The third-order valence-corrected chi connectivity index (χ3v) is 5.20. The van der Waals surface area contributed by atoms with E-state index in [9.17, 15) is 9.59 Å². The number of hydrogen-bond donors (Lipinski definition) is 0. The number of rotatable bonds is 4. The molecule has 2 aliphatic heterocycles. The van der Waals surface area contributed by atoms with Crippen LogP contribution in [0.4, 0.5) is 4.79 Å². The average molecular weight is 366 g/mol. The van der Waals surface area contributed by atoms with E-state index in [-0.39, 0.29) is 24.1 Å². The number of nitrogens with zero attached hydrogens (tertiary/aromatic N) is 2. The van der Waals surface area contributed by atoms with Gasteiger partial charge in [0.05, 0.1) is 12.3 Å². The molecule has 0 radical (unpaired) electrons. The zero-order chi connectivity index (χ0) is 18.6. The summed E-state index contributed by atoms with van der Waals surface area (Å²) in [7, 11) is 0. The van der Waals surface area contributed by atoms with Gasteiger partial charge in [-0.15, -0.1) is 0 Å². The van der Waals surface area contributed by atoms with Crippen molar-refractivity contribution >= 4 is 18.1 Å². The van der Waals surface area contributed by atoms with Crippen LogP contribution >= 0.6 is 0 Å². The van der Waals surface area contributed by atoms with Crippen molar-refractivity contribution in [2.24, 2.45) is 0 Å². The highest BCUT2D eigenvalue weighted by Gasteiger charge is 2.40. The lowest BCUT2D eigenvalue weighted by Crippen LogP contribution is -2.47. The molecule has 2 aliphatic rings. The summed E-state index contributed by atoms with van der Waals surface area (Å²) < 4.78 is 10.5. The summed E-state index contributed by atoms with van der Waals surface area (Å²) in [6, 6.07) is 13.6. The molecule has 6 nitrogen and oxygen atoms in total.